The normalized spacial score (nSPS) is 30.4. The second-order valence-electron chi connectivity index (χ2n) is 7.74. The number of likely N-dealkylation sites (tertiary alicyclic amines) is 1. The Balaban J connectivity index is 1.75. The molecular weight excluding hydrogens is 286 g/mol. The summed E-state index contributed by atoms with van der Waals surface area (Å²) in [6, 6.07) is 10.4. The zero-order valence-corrected chi connectivity index (χ0v) is 14.3. The van der Waals surface area contributed by atoms with Crippen LogP contribution in [0.15, 0.2) is 30.3 Å². The molecule has 1 unspecified atom stereocenters. The number of nitrogens with two attached hydrogens (primary N) is 1. The largest absolute Gasteiger partial charge is 0.340 e. The minimum atomic E-state index is -0.0656. The van der Waals surface area contributed by atoms with Crippen molar-refractivity contribution in [3.8, 4) is 0 Å². The van der Waals surface area contributed by atoms with Crippen LogP contribution in [0.25, 0.3) is 0 Å². The second kappa shape index (κ2) is 6.62. The van der Waals surface area contributed by atoms with Gasteiger partial charge in [0.2, 0.25) is 5.91 Å². The predicted molar refractivity (Wildman–Crippen MR) is 93.1 cm³/mol. The zero-order valence-electron chi connectivity index (χ0n) is 14.3. The van der Waals surface area contributed by atoms with E-state index in [1.54, 1.807) is 0 Å². The van der Waals surface area contributed by atoms with Gasteiger partial charge in [0.15, 0.2) is 0 Å². The Hall–Kier alpha value is -1.39. The molecule has 3 rings (SSSR count). The molecule has 2 aliphatic heterocycles. The quantitative estimate of drug-likeness (QED) is 0.896. The van der Waals surface area contributed by atoms with Crippen molar-refractivity contribution in [3.63, 3.8) is 0 Å². The molecule has 4 heteroatoms. The lowest BCUT2D eigenvalue weighted by molar-refractivity contribution is -0.136. The summed E-state index contributed by atoms with van der Waals surface area (Å²) in [7, 11) is 0. The van der Waals surface area contributed by atoms with Crippen LogP contribution in [0.5, 0.6) is 0 Å². The van der Waals surface area contributed by atoms with Gasteiger partial charge in [0.25, 0.3) is 0 Å². The Labute approximate surface area is 139 Å². The molecule has 2 heterocycles. The standard InChI is InChI=1S/C19H29N3O/c1-19(2)9-6-10-21-17(19)18(23)22-12-15(11-20)16(13-22)14-7-4-3-5-8-14/h3-5,7-8,15-17,21H,6,9-13,20H2,1-2H3/t15-,16+,17?/m1/s1. The van der Waals surface area contributed by atoms with Crippen LogP contribution in [0.2, 0.25) is 0 Å². The third-order valence-electron chi connectivity index (χ3n) is 5.66. The fourth-order valence-corrected chi connectivity index (χ4v) is 4.18. The van der Waals surface area contributed by atoms with Gasteiger partial charge in [-0.1, -0.05) is 44.2 Å². The zero-order chi connectivity index (χ0) is 16.4. The van der Waals surface area contributed by atoms with Crippen LogP contribution in [0.3, 0.4) is 0 Å². The molecule has 0 bridgehead atoms. The van der Waals surface area contributed by atoms with E-state index in [9.17, 15) is 4.79 Å². The van der Waals surface area contributed by atoms with Gasteiger partial charge in [-0.15, -0.1) is 0 Å². The molecule has 1 amide bonds. The molecule has 0 spiro atoms. The number of carbonyl (C=O) groups excluding carboxylic acids is 1. The van der Waals surface area contributed by atoms with Gasteiger partial charge in [0.05, 0.1) is 6.04 Å². The highest BCUT2D eigenvalue weighted by atomic mass is 16.2. The van der Waals surface area contributed by atoms with E-state index < -0.39 is 0 Å². The first kappa shape index (κ1) is 16.5. The molecule has 1 aromatic carbocycles. The molecule has 3 atom stereocenters. The van der Waals surface area contributed by atoms with Gasteiger partial charge in [-0.3, -0.25) is 4.79 Å². The number of carbonyl (C=O) groups is 1. The average Bonchev–Trinajstić information content (AvgIpc) is 2.99. The number of piperidine rings is 1. The summed E-state index contributed by atoms with van der Waals surface area (Å²) >= 11 is 0. The van der Waals surface area contributed by atoms with E-state index in [0.717, 1.165) is 32.5 Å². The molecule has 0 aromatic heterocycles. The fraction of sp³-hybridized carbons (Fsp3) is 0.632. The summed E-state index contributed by atoms with van der Waals surface area (Å²) in [6.07, 6.45) is 2.25. The summed E-state index contributed by atoms with van der Waals surface area (Å²) in [5.74, 6) is 0.969. The maximum atomic E-state index is 13.1. The Morgan fingerprint density at radius 3 is 2.70 bits per heavy atom. The third kappa shape index (κ3) is 3.29. The molecule has 4 nitrogen and oxygen atoms in total. The number of hydrogen-bond acceptors (Lipinski definition) is 3. The van der Waals surface area contributed by atoms with Crippen molar-refractivity contribution < 1.29 is 4.79 Å². The van der Waals surface area contributed by atoms with Gasteiger partial charge in [0, 0.05) is 19.0 Å². The lowest BCUT2D eigenvalue weighted by atomic mass is 9.77. The minimum absolute atomic E-state index is 0.0262. The van der Waals surface area contributed by atoms with Crippen molar-refractivity contribution in [1.29, 1.82) is 0 Å². The Morgan fingerprint density at radius 2 is 2.04 bits per heavy atom. The summed E-state index contributed by atoms with van der Waals surface area (Å²) in [5.41, 5.74) is 7.33. The van der Waals surface area contributed by atoms with E-state index >= 15 is 0 Å². The van der Waals surface area contributed by atoms with Crippen LogP contribution in [0.1, 0.15) is 38.2 Å². The number of nitrogens with one attached hydrogen (secondary N) is 1. The van der Waals surface area contributed by atoms with Gasteiger partial charge in [0.1, 0.15) is 0 Å². The summed E-state index contributed by atoms with van der Waals surface area (Å²) in [5, 5.41) is 3.45. The van der Waals surface area contributed by atoms with Crippen LogP contribution in [0.4, 0.5) is 0 Å². The topological polar surface area (TPSA) is 58.4 Å². The first-order chi connectivity index (χ1) is 11.0. The van der Waals surface area contributed by atoms with E-state index in [1.165, 1.54) is 5.56 Å². The first-order valence-corrected chi connectivity index (χ1v) is 8.80. The molecule has 2 aliphatic rings. The SMILES string of the molecule is CC1(C)CCCNC1C(=O)N1C[C@@H](CN)[C@H](c2ccccc2)C1. The van der Waals surface area contributed by atoms with E-state index in [4.69, 9.17) is 5.73 Å². The van der Waals surface area contributed by atoms with E-state index in [1.807, 2.05) is 11.0 Å². The van der Waals surface area contributed by atoms with E-state index in [0.29, 0.717) is 18.4 Å². The molecule has 3 N–H and O–H groups in total. The minimum Gasteiger partial charge on any atom is -0.340 e. The summed E-state index contributed by atoms with van der Waals surface area (Å²) < 4.78 is 0. The molecule has 0 aliphatic carbocycles. The smallest absolute Gasteiger partial charge is 0.240 e. The molecule has 0 saturated carbocycles. The predicted octanol–water partition coefficient (Wildman–Crippen LogP) is 1.97. The first-order valence-electron chi connectivity index (χ1n) is 8.80. The van der Waals surface area contributed by atoms with Crippen molar-refractivity contribution in [2.45, 2.75) is 38.6 Å². The monoisotopic (exact) mass is 315 g/mol. The number of hydrogen-bond donors (Lipinski definition) is 2. The van der Waals surface area contributed by atoms with E-state index in [2.05, 4.69) is 43.4 Å². The van der Waals surface area contributed by atoms with E-state index in [-0.39, 0.29) is 17.4 Å². The maximum absolute atomic E-state index is 13.1. The van der Waals surface area contributed by atoms with Crippen LogP contribution in [-0.4, -0.2) is 43.0 Å². The van der Waals surface area contributed by atoms with Crippen LogP contribution in [0, 0.1) is 11.3 Å². The summed E-state index contributed by atoms with van der Waals surface area (Å²) in [6.45, 7) is 7.54. The average molecular weight is 315 g/mol. The molecule has 126 valence electrons. The number of nitrogens with zero attached hydrogens (tertiary/aromatic N) is 1. The lowest BCUT2D eigenvalue weighted by Gasteiger charge is -2.40. The second-order valence-corrected chi connectivity index (χ2v) is 7.74. The van der Waals surface area contributed by atoms with Crippen LogP contribution in [-0.2, 0) is 4.79 Å². The lowest BCUT2D eigenvalue weighted by Crippen LogP contribution is -2.56. The van der Waals surface area contributed by atoms with Gasteiger partial charge in [-0.05, 0) is 42.8 Å². The molecule has 0 radical (unpaired) electrons. The Morgan fingerprint density at radius 1 is 1.30 bits per heavy atom. The Kier molecular flexibility index (Phi) is 4.74. The van der Waals surface area contributed by atoms with Crippen molar-refractivity contribution in [1.82, 2.24) is 10.2 Å². The van der Waals surface area contributed by atoms with Crippen molar-refractivity contribution in [3.05, 3.63) is 35.9 Å². The highest BCUT2D eigenvalue weighted by Gasteiger charge is 2.43. The Bertz CT molecular complexity index is 543. The number of rotatable bonds is 3. The highest BCUT2D eigenvalue weighted by Crippen LogP contribution is 2.36. The van der Waals surface area contributed by atoms with Crippen LogP contribution >= 0.6 is 0 Å². The third-order valence-corrected chi connectivity index (χ3v) is 5.66. The summed E-state index contributed by atoms with van der Waals surface area (Å²) in [4.78, 5) is 15.1. The van der Waals surface area contributed by atoms with Gasteiger partial charge in [-0.2, -0.15) is 0 Å². The number of amides is 1. The number of benzene rings is 1. The van der Waals surface area contributed by atoms with Gasteiger partial charge < -0.3 is 16.0 Å². The maximum Gasteiger partial charge on any atom is 0.240 e. The molecule has 1 aromatic rings. The van der Waals surface area contributed by atoms with Crippen molar-refractivity contribution in [2.24, 2.45) is 17.1 Å². The fourth-order valence-electron chi connectivity index (χ4n) is 4.18. The van der Waals surface area contributed by atoms with Crippen molar-refractivity contribution in [2.75, 3.05) is 26.2 Å². The van der Waals surface area contributed by atoms with Crippen LogP contribution < -0.4 is 11.1 Å². The highest BCUT2D eigenvalue weighted by molar-refractivity contribution is 5.83. The molecule has 2 saturated heterocycles. The van der Waals surface area contributed by atoms with Gasteiger partial charge >= 0.3 is 0 Å². The van der Waals surface area contributed by atoms with Crippen molar-refractivity contribution >= 4 is 5.91 Å². The molecular formula is C19H29N3O. The molecule has 23 heavy (non-hydrogen) atoms. The molecule has 2 fully saturated rings. The van der Waals surface area contributed by atoms with Gasteiger partial charge in [-0.25, -0.2) is 0 Å².